The Hall–Kier alpha value is -8.72. The van der Waals surface area contributed by atoms with Gasteiger partial charge >= 0.3 is 0 Å². The van der Waals surface area contributed by atoms with E-state index in [1.54, 1.807) is 0 Å². The second-order valence-corrected chi connectivity index (χ2v) is 18.0. The van der Waals surface area contributed by atoms with E-state index in [9.17, 15) is 0 Å². The van der Waals surface area contributed by atoms with Crippen LogP contribution in [0.15, 0.2) is 255 Å². The van der Waals surface area contributed by atoms with Crippen LogP contribution in [-0.2, 0) is 5.41 Å². The Morgan fingerprint density at radius 2 is 0.776 bits per heavy atom. The van der Waals surface area contributed by atoms with Crippen LogP contribution in [0, 0.1) is 0 Å². The highest BCUT2D eigenvalue weighted by molar-refractivity contribution is 6.13. The van der Waals surface area contributed by atoms with Gasteiger partial charge in [-0.25, -0.2) is 0 Å². The minimum atomic E-state index is -0.452. The van der Waals surface area contributed by atoms with E-state index in [1.165, 1.54) is 99.3 Å². The molecule has 0 N–H and O–H groups in total. The van der Waals surface area contributed by atoms with Gasteiger partial charge in [-0.3, -0.25) is 0 Å². The SMILES string of the molecule is c1ccc(-c2ccc(N(c3ccc4c(c3)C3(c5ccccc5-c5ccccc53)c3ccccc3-4)c3ccc(-c4ccc5c(c4)c4ccccc4n5-c4ccccc4)c4ccccc34)cc2)cc1. The summed E-state index contributed by atoms with van der Waals surface area (Å²) in [7, 11) is 0. The van der Waals surface area contributed by atoms with Gasteiger partial charge in [-0.05, 0) is 133 Å². The van der Waals surface area contributed by atoms with Gasteiger partial charge in [0.1, 0.15) is 0 Å². The number of hydrogen-bond acceptors (Lipinski definition) is 1. The number of rotatable bonds is 6. The molecule has 2 aliphatic rings. The average molecular weight is 851 g/mol. The molecule has 0 unspecified atom stereocenters. The van der Waals surface area contributed by atoms with Crippen molar-refractivity contribution >= 4 is 49.6 Å². The van der Waals surface area contributed by atoms with E-state index >= 15 is 0 Å². The third kappa shape index (κ3) is 5.45. The van der Waals surface area contributed by atoms with Gasteiger partial charge in [0, 0.05) is 33.2 Å². The van der Waals surface area contributed by atoms with Crippen molar-refractivity contribution in [2.75, 3.05) is 4.90 Å². The van der Waals surface area contributed by atoms with Gasteiger partial charge in [0.05, 0.1) is 22.1 Å². The number of aromatic nitrogens is 1. The molecular weight excluding hydrogens is 809 g/mol. The smallest absolute Gasteiger partial charge is 0.0726 e. The van der Waals surface area contributed by atoms with Crippen molar-refractivity contribution in [3.8, 4) is 50.2 Å². The third-order valence-electron chi connectivity index (χ3n) is 14.6. The summed E-state index contributed by atoms with van der Waals surface area (Å²) in [4.78, 5) is 2.49. The van der Waals surface area contributed by atoms with Crippen molar-refractivity contribution in [2.24, 2.45) is 0 Å². The monoisotopic (exact) mass is 850 g/mol. The summed E-state index contributed by atoms with van der Waals surface area (Å²) >= 11 is 0. The van der Waals surface area contributed by atoms with E-state index in [2.05, 4.69) is 264 Å². The van der Waals surface area contributed by atoms with Crippen LogP contribution in [-0.4, -0.2) is 4.57 Å². The topological polar surface area (TPSA) is 8.17 Å². The fourth-order valence-corrected chi connectivity index (χ4v) is 11.8. The molecular formula is C65H42N2. The van der Waals surface area contributed by atoms with Gasteiger partial charge in [0.2, 0.25) is 0 Å². The lowest BCUT2D eigenvalue weighted by Crippen LogP contribution is -2.26. The fourth-order valence-electron chi connectivity index (χ4n) is 11.8. The van der Waals surface area contributed by atoms with Crippen LogP contribution in [0.3, 0.4) is 0 Å². The zero-order valence-corrected chi connectivity index (χ0v) is 36.6. The molecule has 67 heavy (non-hydrogen) atoms. The van der Waals surface area contributed by atoms with E-state index in [0.717, 1.165) is 22.7 Å². The molecule has 312 valence electrons. The second kappa shape index (κ2) is 14.7. The molecule has 2 nitrogen and oxygen atoms in total. The van der Waals surface area contributed by atoms with E-state index in [-0.39, 0.29) is 0 Å². The highest BCUT2D eigenvalue weighted by Gasteiger charge is 2.51. The molecule has 0 radical (unpaired) electrons. The molecule has 0 fully saturated rings. The maximum atomic E-state index is 2.50. The predicted octanol–water partition coefficient (Wildman–Crippen LogP) is 17.1. The fraction of sp³-hybridized carbons (Fsp3) is 0.0154. The molecule has 0 saturated carbocycles. The first-order valence-electron chi connectivity index (χ1n) is 23.3. The Balaban J connectivity index is 0.985. The zero-order valence-electron chi connectivity index (χ0n) is 36.6. The van der Waals surface area contributed by atoms with Crippen molar-refractivity contribution in [3.05, 3.63) is 277 Å². The number of hydrogen-bond donors (Lipinski definition) is 0. The average Bonchev–Trinajstić information content (AvgIpc) is 4.01. The predicted molar refractivity (Wildman–Crippen MR) is 280 cm³/mol. The lowest BCUT2D eigenvalue weighted by atomic mass is 9.70. The molecule has 0 bridgehead atoms. The Bertz CT molecular complexity index is 3850. The highest BCUT2D eigenvalue weighted by atomic mass is 15.1. The van der Waals surface area contributed by atoms with E-state index in [4.69, 9.17) is 0 Å². The maximum Gasteiger partial charge on any atom is 0.0726 e. The molecule has 2 aliphatic carbocycles. The molecule has 11 aromatic carbocycles. The van der Waals surface area contributed by atoms with Gasteiger partial charge in [0.15, 0.2) is 0 Å². The van der Waals surface area contributed by atoms with Gasteiger partial charge in [-0.2, -0.15) is 0 Å². The Kier molecular flexibility index (Phi) is 8.23. The Morgan fingerprint density at radius 3 is 1.46 bits per heavy atom. The normalized spacial score (nSPS) is 12.9. The molecule has 0 amide bonds. The van der Waals surface area contributed by atoms with Crippen molar-refractivity contribution in [1.82, 2.24) is 4.57 Å². The molecule has 0 aliphatic heterocycles. The molecule has 1 heterocycles. The maximum absolute atomic E-state index is 2.50. The van der Waals surface area contributed by atoms with Gasteiger partial charge in [-0.1, -0.05) is 194 Å². The summed E-state index contributed by atoms with van der Waals surface area (Å²) in [6.45, 7) is 0. The summed E-state index contributed by atoms with van der Waals surface area (Å²) in [6.07, 6.45) is 0. The number of fused-ring (bicyclic) bond motifs is 14. The summed E-state index contributed by atoms with van der Waals surface area (Å²) < 4.78 is 2.39. The van der Waals surface area contributed by atoms with Gasteiger partial charge < -0.3 is 9.47 Å². The summed E-state index contributed by atoms with van der Waals surface area (Å²) in [5, 5.41) is 4.89. The molecule has 0 saturated heterocycles. The number of anilines is 3. The molecule has 12 aromatic rings. The van der Waals surface area contributed by atoms with Crippen molar-refractivity contribution in [2.45, 2.75) is 5.41 Å². The first-order chi connectivity index (χ1) is 33.3. The van der Waals surface area contributed by atoms with Crippen LogP contribution < -0.4 is 4.90 Å². The minimum absolute atomic E-state index is 0.452. The van der Waals surface area contributed by atoms with E-state index < -0.39 is 5.41 Å². The molecule has 0 atom stereocenters. The zero-order chi connectivity index (χ0) is 44.1. The highest BCUT2D eigenvalue weighted by Crippen LogP contribution is 2.63. The number of benzene rings is 11. The van der Waals surface area contributed by atoms with Crippen LogP contribution in [0.25, 0.3) is 82.8 Å². The lowest BCUT2D eigenvalue weighted by molar-refractivity contribution is 0.793. The van der Waals surface area contributed by atoms with E-state index in [1.807, 2.05) is 0 Å². The Morgan fingerprint density at radius 1 is 0.284 bits per heavy atom. The van der Waals surface area contributed by atoms with Crippen molar-refractivity contribution < 1.29 is 0 Å². The third-order valence-corrected chi connectivity index (χ3v) is 14.6. The summed E-state index contributed by atoms with van der Waals surface area (Å²) in [5.74, 6) is 0. The van der Waals surface area contributed by atoms with Crippen molar-refractivity contribution in [1.29, 1.82) is 0 Å². The van der Waals surface area contributed by atoms with Gasteiger partial charge in [0.25, 0.3) is 0 Å². The first kappa shape index (κ1) is 37.6. The summed E-state index contributed by atoms with van der Waals surface area (Å²) in [5.41, 5.74) is 21.8. The van der Waals surface area contributed by atoms with Crippen LogP contribution in [0.4, 0.5) is 17.1 Å². The van der Waals surface area contributed by atoms with Crippen LogP contribution in [0.1, 0.15) is 22.3 Å². The van der Waals surface area contributed by atoms with Crippen molar-refractivity contribution in [3.63, 3.8) is 0 Å². The van der Waals surface area contributed by atoms with Gasteiger partial charge in [-0.15, -0.1) is 0 Å². The standard InChI is InChI=1S/C65H42N2/c1-3-17-43(18-4-1)44-31-34-47(35-32-44)66(48-36-37-54-53-24-11-15-29-60(53)65(61(54)42-48)58-27-13-9-22-51(58)52-23-10-14-28-59(52)65)63-40-38-49(50-21-7-8-25-55(50)63)45-33-39-64-57(41-45)56-26-12-16-30-62(56)67(64)46-19-5-2-6-20-46/h1-42H. The molecule has 1 spiro atoms. The van der Waals surface area contributed by atoms with Crippen LogP contribution in [0.2, 0.25) is 0 Å². The largest absolute Gasteiger partial charge is 0.310 e. The minimum Gasteiger partial charge on any atom is -0.310 e. The number of para-hydroxylation sites is 2. The molecule has 1 aromatic heterocycles. The van der Waals surface area contributed by atoms with Crippen LogP contribution >= 0.6 is 0 Å². The van der Waals surface area contributed by atoms with Crippen LogP contribution in [0.5, 0.6) is 0 Å². The Labute approximate surface area is 389 Å². The lowest BCUT2D eigenvalue weighted by Gasteiger charge is -2.32. The second-order valence-electron chi connectivity index (χ2n) is 18.0. The summed E-state index contributed by atoms with van der Waals surface area (Å²) in [6, 6.07) is 94.3. The number of nitrogens with zero attached hydrogens (tertiary/aromatic N) is 2. The molecule has 14 rings (SSSR count). The molecule has 2 heteroatoms. The van der Waals surface area contributed by atoms with E-state index in [0.29, 0.717) is 0 Å². The first-order valence-corrected chi connectivity index (χ1v) is 23.3. The quantitative estimate of drug-likeness (QED) is 0.162.